The molecule has 2 amide bonds. The largest absolute Gasteiger partial charge is 0.443 e. The summed E-state index contributed by atoms with van der Waals surface area (Å²) in [6.45, 7) is 6.47. The number of carbonyl (C=O) groups is 2. The Kier molecular flexibility index (Phi) is 3.55. The van der Waals surface area contributed by atoms with Crippen LogP contribution in [0.3, 0.4) is 0 Å². The minimum atomic E-state index is -1.22. The van der Waals surface area contributed by atoms with Gasteiger partial charge in [0.15, 0.2) is 0 Å². The van der Waals surface area contributed by atoms with Gasteiger partial charge in [-0.05, 0) is 34.1 Å². The number of amides is 2. The molecule has 0 N–H and O–H groups in total. The van der Waals surface area contributed by atoms with Gasteiger partial charge in [0, 0.05) is 6.42 Å². The number of hydrogen-bond acceptors (Lipinski definition) is 3. The Labute approximate surface area is 94.7 Å². The molecule has 0 unspecified atom stereocenters. The van der Waals surface area contributed by atoms with Gasteiger partial charge in [-0.2, -0.15) is 0 Å². The fraction of sp³-hybridized carbons (Fsp3) is 0.818. The molecule has 1 aliphatic rings. The summed E-state index contributed by atoms with van der Waals surface area (Å²) in [5.74, 6) is -0.358. The summed E-state index contributed by atoms with van der Waals surface area (Å²) in [6, 6.07) is -0.678. The molecule has 0 aromatic carbocycles. The molecular formula is C11H18FNO3. The van der Waals surface area contributed by atoms with Crippen LogP contribution in [0, 0.1) is 0 Å². The zero-order chi connectivity index (χ0) is 12.5. The van der Waals surface area contributed by atoms with E-state index in [-0.39, 0.29) is 12.3 Å². The molecule has 92 valence electrons. The molecule has 4 nitrogen and oxygen atoms in total. The summed E-state index contributed by atoms with van der Waals surface area (Å²) in [6.07, 6.45) is -1.39. The molecule has 1 aliphatic heterocycles. The normalized spacial score (nSPS) is 23.4. The van der Waals surface area contributed by atoms with Crippen LogP contribution in [-0.2, 0) is 9.53 Å². The maximum atomic E-state index is 13.2. The third-order valence-corrected chi connectivity index (χ3v) is 2.37. The van der Waals surface area contributed by atoms with Crippen molar-refractivity contribution in [2.45, 2.75) is 58.4 Å². The molecule has 1 fully saturated rings. The second kappa shape index (κ2) is 4.39. The standard InChI is InChI=1S/C11H18FNO3/c1-7(12)8-5-6-9(14)13(8)10(15)16-11(2,3)4/h7-8H,5-6H2,1-4H3/t7-,8-/m1/s1. The number of likely N-dealkylation sites (tertiary alicyclic amines) is 1. The quantitative estimate of drug-likeness (QED) is 0.695. The number of rotatable bonds is 1. The van der Waals surface area contributed by atoms with Gasteiger partial charge in [-0.1, -0.05) is 0 Å². The Bertz CT molecular complexity index is 296. The maximum Gasteiger partial charge on any atom is 0.417 e. The Morgan fingerprint density at radius 2 is 2.12 bits per heavy atom. The average Bonchev–Trinajstić information content (AvgIpc) is 2.43. The Morgan fingerprint density at radius 1 is 1.56 bits per heavy atom. The highest BCUT2D eigenvalue weighted by Gasteiger charge is 2.41. The lowest BCUT2D eigenvalue weighted by molar-refractivity contribution is -0.128. The Balaban J connectivity index is 2.76. The SMILES string of the molecule is C[C@@H](F)[C@H]1CCC(=O)N1C(=O)OC(C)(C)C. The van der Waals surface area contributed by atoms with Gasteiger partial charge in [0.1, 0.15) is 11.8 Å². The summed E-state index contributed by atoms with van der Waals surface area (Å²) < 4.78 is 18.3. The monoisotopic (exact) mass is 231 g/mol. The highest BCUT2D eigenvalue weighted by Crippen LogP contribution is 2.25. The van der Waals surface area contributed by atoms with E-state index < -0.39 is 23.9 Å². The number of carbonyl (C=O) groups excluding carboxylic acids is 2. The molecule has 0 radical (unpaired) electrons. The summed E-state index contributed by atoms with van der Waals surface area (Å²) >= 11 is 0. The second-order valence-electron chi connectivity index (χ2n) is 5.03. The van der Waals surface area contributed by atoms with Crippen LogP contribution in [0.15, 0.2) is 0 Å². The molecule has 0 aromatic rings. The van der Waals surface area contributed by atoms with E-state index in [0.717, 1.165) is 4.90 Å². The van der Waals surface area contributed by atoms with E-state index >= 15 is 0 Å². The van der Waals surface area contributed by atoms with Crippen LogP contribution in [-0.4, -0.2) is 34.7 Å². The number of halogens is 1. The van der Waals surface area contributed by atoms with Crippen molar-refractivity contribution >= 4 is 12.0 Å². The van der Waals surface area contributed by atoms with Crippen LogP contribution in [0.25, 0.3) is 0 Å². The van der Waals surface area contributed by atoms with Crippen LogP contribution < -0.4 is 0 Å². The zero-order valence-electron chi connectivity index (χ0n) is 10.1. The predicted octanol–water partition coefficient (Wildman–Crippen LogP) is 2.27. The molecule has 0 bridgehead atoms. The maximum absolute atomic E-state index is 13.2. The van der Waals surface area contributed by atoms with E-state index in [1.54, 1.807) is 20.8 Å². The Hall–Kier alpha value is -1.13. The Morgan fingerprint density at radius 3 is 2.56 bits per heavy atom. The summed E-state index contributed by atoms with van der Waals surface area (Å²) in [4.78, 5) is 24.1. The van der Waals surface area contributed by atoms with Crippen molar-refractivity contribution in [3.05, 3.63) is 0 Å². The van der Waals surface area contributed by atoms with Crippen molar-refractivity contribution in [3.8, 4) is 0 Å². The van der Waals surface area contributed by atoms with Crippen molar-refractivity contribution in [3.63, 3.8) is 0 Å². The fourth-order valence-electron chi connectivity index (χ4n) is 1.69. The molecular weight excluding hydrogens is 213 g/mol. The van der Waals surface area contributed by atoms with Crippen LogP contribution in [0.2, 0.25) is 0 Å². The second-order valence-corrected chi connectivity index (χ2v) is 5.03. The minimum Gasteiger partial charge on any atom is -0.443 e. The predicted molar refractivity (Wildman–Crippen MR) is 56.7 cm³/mol. The van der Waals surface area contributed by atoms with Gasteiger partial charge >= 0.3 is 6.09 Å². The zero-order valence-corrected chi connectivity index (χ0v) is 10.1. The van der Waals surface area contributed by atoms with Crippen LogP contribution in [0.1, 0.15) is 40.5 Å². The topological polar surface area (TPSA) is 46.6 Å². The number of ether oxygens (including phenoxy) is 1. The molecule has 0 spiro atoms. The van der Waals surface area contributed by atoms with Crippen molar-refractivity contribution in [1.29, 1.82) is 0 Å². The van der Waals surface area contributed by atoms with Crippen molar-refractivity contribution in [2.75, 3.05) is 0 Å². The smallest absolute Gasteiger partial charge is 0.417 e. The van der Waals surface area contributed by atoms with Gasteiger partial charge in [0.25, 0.3) is 0 Å². The molecule has 1 rings (SSSR count). The molecule has 0 aromatic heterocycles. The van der Waals surface area contributed by atoms with Crippen molar-refractivity contribution in [2.24, 2.45) is 0 Å². The minimum absolute atomic E-state index is 0.207. The number of alkyl halides is 1. The number of imide groups is 1. The molecule has 1 saturated heterocycles. The number of hydrogen-bond donors (Lipinski definition) is 0. The van der Waals surface area contributed by atoms with Gasteiger partial charge in [-0.3, -0.25) is 4.79 Å². The van der Waals surface area contributed by atoms with Gasteiger partial charge in [0.2, 0.25) is 5.91 Å². The average molecular weight is 231 g/mol. The summed E-state index contributed by atoms with van der Waals surface area (Å²) in [5, 5.41) is 0. The van der Waals surface area contributed by atoms with E-state index in [1.165, 1.54) is 6.92 Å². The fourth-order valence-corrected chi connectivity index (χ4v) is 1.69. The van der Waals surface area contributed by atoms with E-state index in [1.807, 2.05) is 0 Å². The first kappa shape index (κ1) is 12.9. The molecule has 0 aliphatic carbocycles. The number of nitrogens with zero attached hydrogens (tertiary/aromatic N) is 1. The van der Waals surface area contributed by atoms with Gasteiger partial charge in [0.05, 0.1) is 6.04 Å². The summed E-state index contributed by atoms with van der Waals surface area (Å²) in [5.41, 5.74) is -0.677. The molecule has 16 heavy (non-hydrogen) atoms. The highest BCUT2D eigenvalue weighted by atomic mass is 19.1. The first-order valence-electron chi connectivity index (χ1n) is 5.41. The van der Waals surface area contributed by atoms with Crippen molar-refractivity contribution < 1.29 is 18.7 Å². The molecule has 1 heterocycles. The molecule has 5 heteroatoms. The van der Waals surface area contributed by atoms with Gasteiger partial charge in [-0.25, -0.2) is 14.1 Å². The highest BCUT2D eigenvalue weighted by molar-refractivity contribution is 5.94. The van der Waals surface area contributed by atoms with Crippen LogP contribution in [0.5, 0.6) is 0 Å². The third-order valence-electron chi connectivity index (χ3n) is 2.37. The van der Waals surface area contributed by atoms with E-state index in [4.69, 9.17) is 4.74 Å². The molecule has 2 atom stereocenters. The lowest BCUT2D eigenvalue weighted by atomic mass is 10.1. The van der Waals surface area contributed by atoms with Crippen LogP contribution in [0.4, 0.5) is 9.18 Å². The molecule has 0 saturated carbocycles. The van der Waals surface area contributed by atoms with E-state index in [0.29, 0.717) is 6.42 Å². The van der Waals surface area contributed by atoms with Gasteiger partial charge < -0.3 is 4.74 Å². The first-order valence-corrected chi connectivity index (χ1v) is 5.41. The van der Waals surface area contributed by atoms with E-state index in [2.05, 4.69) is 0 Å². The van der Waals surface area contributed by atoms with Crippen LogP contribution >= 0.6 is 0 Å². The third kappa shape index (κ3) is 2.93. The lowest BCUT2D eigenvalue weighted by Crippen LogP contribution is -2.45. The van der Waals surface area contributed by atoms with E-state index in [9.17, 15) is 14.0 Å². The van der Waals surface area contributed by atoms with Crippen molar-refractivity contribution in [1.82, 2.24) is 4.90 Å². The summed E-state index contributed by atoms with van der Waals surface area (Å²) in [7, 11) is 0. The lowest BCUT2D eigenvalue weighted by Gasteiger charge is -2.27. The van der Waals surface area contributed by atoms with Gasteiger partial charge in [-0.15, -0.1) is 0 Å². The first-order chi connectivity index (χ1) is 7.22.